The van der Waals surface area contributed by atoms with Crippen LogP contribution in [0, 0.1) is 0 Å². The van der Waals surface area contributed by atoms with Crippen molar-refractivity contribution >= 4 is 23.2 Å². The molecule has 0 radical (unpaired) electrons. The Morgan fingerprint density at radius 2 is 1.76 bits per heavy atom. The number of nitrogens with two attached hydrogens (primary N) is 1. The molecule has 2 rings (SSSR count). The summed E-state index contributed by atoms with van der Waals surface area (Å²) in [5.74, 6) is 0. The van der Waals surface area contributed by atoms with Gasteiger partial charge in [0, 0.05) is 5.56 Å². The number of rotatable bonds is 3. The molecule has 2 N–H and O–H groups in total. The molecule has 0 bridgehead atoms. The van der Waals surface area contributed by atoms with Crippen LogP contribution in [-0.4, -0.2) is 6.54 Å². The second kappa shape index (κ2) is 5.54. The van der Waals surface area contributed by atoms with Crippen LogP contribution in [0.15, 0.2) is 42.5 Å². The molecule has 0 fully saturated rings. The monoisotopic (exact) mass is 265 g/mol. The minimum absolute atomic E-state index is 0.577. The highest BCUT2D eigenvalue weighted by atomic mass is 35.5. The zero-order valence-electron chi connectivity index (χ0n) is 9.29. The lowest BCUT2D eigenvalue weighted by atomic mass is 10.0. The summed E-state index contributed by atoms with van der Waals surface area (Å²) in [6.45, 7) is 0.646. The van der Waals surface area contributed by atoms with Gasteiger partial charge in [-0.2, -0.15) is 0 Å². The number of halogens is 2. The largest absolute Gasteiger partial charge is 0.330 e. The maximum Gasteiger partial charge on any atom is 0.0670 e. The van der Waals surface area contributed by atoms with Crippen LogP contribution >= 0.6 is 23.2 Å². The van der Waals surface area contributed by atoms with E-state index in [1.54, 1.807) is 6.07 Å². The summed E-state index contributed by atoms with van der Waals surface area (Å²) in [6, 6.07) is 13.9. The fourth-order valence-corrected chi connectivity index (χ4v) is 2.20. The van der Waals surface area contributed by atoms with Crippen molar-refractivity contribution < 1.29 is 0 Å². The molecule has 0 heterocycles. The average molecular weight is 266 g/mol. The predicted octanol–water partition coefficient (Wildman–Crippen LogP) is 4.16. The van der Waals surface area contributed by atoms with Crippen molar-refractivity contribution in [3.8, 4) is 11.1 Å². The standard InChI is InChI=1S/C14H13Cl2N/c15-13-6-2-5-12(14(13)16)11-4-1-3-10(9-11)7-8-17/h1-6,9H,7-8,17H2. The van der Waals surface area contributed by atoms with Crippen LogP contribution in [-0.2, 0) is 6.42 Å². The molecule has 0 aliphatic rings. The van der Waals surface area contributed by atoms with Crippen LogP contribution in [0.25, 0.3) is 11.1 Å². The number of hydrogen-bond acceptors (Lipinski definition) is 1. The second-order valence-corrected chi connectivity index (χ2v) is 4.63. The normalized spacial score (nSPS) is 10.5. The van der Waals surface area contributed by atoms with Crippen LogP contribution in [0.4, 0.5) is 0 Å². The van der Waals surface area contributed by atoms with Crippen LogP contribution in [0.3, 0.4) is 0 Å². The Bertz CT molecular complexity index is 523. The third-order valence-electron chi connectivity index (χ3n) is 2.62. The summed E-state index contributed by atoms with van der Waals surface area (Å²) in [7, 11) is 0. The quantitative estimate of drug-likeness (QED) is 0.886. The van der Waals surface area contributed by atoms with E-state index in [0.29, 0.717) is 16.6 Å². The number of hydrogen-bond donors (Lipinski definition) is 1. The Labute approximate surface area is 111 Å². The van der Waals surface area contributed by atoms with E-state index in [1.807, 2.05) is 24.3 Å². The highest BCUT2D eigenvalue weighted by Crippen LogP contribution is 2.33. The molecular formula is C14H13Cl2N. The molecule has 2 aromatic carbocycles. The first-order valence-electron chi connectivity index (χ1n) is 5.46. The summed E-state index contributed by atoms with van der Waals surface area (Å²) < 4.78 is 0. The average Bonchev–Trinajstić information content (AvgIpc) is 2.33. The van der Waals surface area contributed by atoms with Crippen molar-refractivity contribution in [3.05, 3.63) is 58.1 Å². The van der Waals surface area contributed by atoms with Gasteiger partial charge in [-0.05, 0) is 30.2 Å². The van der Waals surface area contributed by atoms with E-state index in [1.165, 1.54) is 5.56 Å². The molecule has 3 heteroatoms. The molecule has 88 valence electrons. The van der Waals surface area contributed by atoms with Gasteiger partial charge in [-0.3, -0.25) is 0 Å². The molecule has 0 aliphatic carbocycles. The van der Waals surface area contributed by atoms with E-state index < -0.39 is 0 Å². The zero-order valence-corrected chi connectivity index (χ0v) is 10.8. The van der Waals surface area contributed by atoms with Crippen molar-refractivity contribution in [1.82, 2.24) is 0 Å². The van der Waals surface area contributed by atoms with Crippen molar-refractivity contribution in [2.75, 3.05) is 6.54 Å². The summed E-state index contributed by atoms with van der Waals surface area (Å²) in [5, 5.41) is 1.17. The first kappa shape index (κ1) is 12.4. The van der Waals surface area contributed by atoms with Gasteiger partial charge in [-0.15, -0.1) is 0 Å². The van der Waals surface area contributed by atoms with Crippen molar-refractivity contribution in [2.24, 2.45) is 5.73 Å². The molecule has 0 unspecified atom stereocenters. The van der Waals surface area contributed by atoms with Crippen molar-refractivity contribution in [3.63, 3.8) is 0 Å². The fourth-order valence-electron chi connectivity index (χ4n) is 1.79. The van der Waals surface area contributed by atoms with E-state index in [4.69, 9.17) is 28.9 Å². The Morgan fingerprint density at radius 3 is 2.53 bits per heavy atom. The Kier molecular flexibility index (Phi) is 4.06. The zero-order chi connectivity index (χ0) is 12.3. The highest BCUT2D eigenvalue weighted by Gasteiger charge is 2.06. The summed E-state index contributed by atoms with van der Waals surface area (Å²) >= 11 is 12.2. The van der Waals surface area contributed by atoms with Crippen molar-refractivity contribution in [2.45, 2.75) is 6.42 Å². The van der Waals surface area contributed by atoms with E-state index in [2.05, 4.69) is 12.1 Å². The van der Waals surface area contributed by atoms with E-state index in [0.717, 1.165) is 17.5 Å². The maximum absolute atomic E-state index is 6.20. The van der Waals surface area contributed by atoms with E-state index in [9.17, 15) is 0 Å². The molecule has 0 saturated carbocycles. The maximum atomic E-state index is 6.20. The summed E-state index contributed by atoms with van der Waals surface area (Å²) in [5.41, 5.74) is 8.79. The lowest BCUT2D eigenvalue weighted by molar-refractivity contribution is 0.969. The van der Waals surface area contributed by atoms with Crippen molar-refractivity contribution in [1.29, 1.82) is 0 Å². The molecule has 1 nitrogen and oxygen atoms in total. The van der Waals surface area contributed by atoms with Crippen LogP contribution in [0.5, 0.6) is 0 Å². The third kappa shape index (κ3) is 2.81. The predicted molar refractivity (Wildman–Crippen MR) is 74.7 cm³/mol. The second-order valence-electron chi connectivity index (χ2n) is 3.84. The van der Waals surface area contributed by atoms with Gasteiger partial charge in [-0.25, -0.2) is 0 Å². The Balaban J connectivity index is 2.45. The first-order chi connectivity index (χ1) is 8.22. The number of benzene rings is 2. The molecule has 17 heavy (non-hydrogen) atoms. The van der Waals surface area contributed by atoms with Crippen LogP contribution in [0.1, 0.15) is 5.56 Å². The minimum Gasteiger partial charge on any atom is -0.330 e. The molecule has 0 amide bonds. The van der Waals surface area contributed by atoms with Gasteiger partial charge in [0.05, 0.1) is 10.0 Å². The smallest absolute Gasteiger partial charge is 0.0670 e. The molecule has 2 aromatic rings. The summed E-state index contributed by atoms with van der Waals surface area (Å²) in [6.07, 6.45) is 0.867. The fraction of sp³-hybridized carbons (Fsp3) is 0.143. The summed E-state index contributed by atoms with van der Waals surface area (Å²) in [4.78, 5) is 0. The lowest BCUT2D eigenvalue weighted by Gasteiger charge is -2.07. The van der Waals surface area contributed by atoms with Gasteiger partial charge >= 0.3 is 0 Å². The van der Waals surface area contributed by atoms with Crippen LogP contribution < -0.4 is 5.73 Å². The van der Waals surface area contributed by atoms with Gasteiger partial charge < -0.3 is 5.73 Å². The van der Waals surface area contributed by atoms with Gasteiger partial charge in [0.1, 0.15) is 0 Å². The van der Waals surface area contributed by atoms with Gasteiger partial charge in [-0.1, -0.05) is 59.6 Å². The van der Waals surface area contributed by atoms with E-state index >= 15 is 0 Å². The SMILES string of the molecule is NCCc1cccc(-c2cccc(Cl)c2Cl)c1. The molecule has 0 aliphatic heterocycles. The van der Waals surface area contributed by atoms with Gasteiger partial charge in [0.25, 0.3) is 0 Å². The first-order valence-corrected chi connectivity index (χ1v) is 6.21. The van der Waals surface area contributed by atoms with Crippen LogP contribution in [0.2, 0.25) is 10.0 Å². The molecule has 0 saturated heterocycles. The molecule has 0 spiro atoms. The Morgan fingerprint density at radius 1 is 1.00 bits per heavy atom. The molecular weight excluding hydrogens is 253 g/mol. The minimum atomic E-state index is 0.577. The Hall–Kier alpha value is -1.02. The van der Waals surface area contributed by atoms with Gasteiger partial charge in [0.2, 0.25) is 0 Å². The van der Waals surface area contributed by atoms with E-state index in [-0.39, 0.29) is 0 Å². The molecule has 0 aromatic heterocycles. The van der Waals surface area contributed by atoms with Gasteiger partial charge in [0.15, 0.2) is 0 Å². The topological polar surface area (TPSA) is 26.0 Å². The third-order valence-corrected chi connectivity index (χ3v) is 3.44. The lowest BCUT2D eigenvalue weighted by Crippen LogP contribution is -2.02. The highest BCUT2D eigenvalue weighted by molar-refractivity contribution is 6.43. The molecule has 0 atom stereocenters.